The van der Waals surface area contributed by atoms with E-state index in [0.29, 0.717) is 5.15 Å². The van der Waals surface area contributed by atoms with Crippen molar-refractivity contribution in [2.75, 3.05) is 5.32 Å². The van der Waals surface area contributed by atoms with Crippen molar-refractivity contribution in [1.82, 2.24) is 14.8 Å². The van der Waals surface area contributed by atoms with Gasteiger partial charge in [-0.15, -0.1) is 0 Å². The maximum absolute atomic E-state index is 5.76. The summed E-state index contributed by atoms with van der Waals surface area (Å²) in [5, 5.41) is 7.81. The van der Waals surface area contributed by atoms with E-state index >= 15 is 0 Å². The SMILES string of the molecule is Cn1cc(CNc2ccnc(Cl)c2)cn1. The molecule has 2 aromatic rings. The highest BCUT2D eigenvalue weighted by atomic mass is 35.5. The molecule has 1 N–H and O–H groups in total. The van der Waals surface area contributed by atoms with Crippen LogP contribution in [0.2, 0.25) is 5.15 Å². The van der Waals surface area contributed by atoms with Crippen molar-refractivity contribution in [1.29, 1.82) is 0 Å². The lowest BCUT2D eigenvalue weighted by atomic mass is 10.3. The maximum atomic E-state index is 5.76. The monoisotopic (exact) mass is 222 g/mol. The van der Waals surface area contributed by atoms with Gasteiger partial charge in [0.25, 0.3) is 0 Å². The molecule has 2 heterocycles. The topological polar surface area (TPSA) is 42.7 Å². The molecule has 0 bridgehead atoms. The van der Waals surface area contributed by atoms with Crippen molar-refractivity contribution in [2.45, 2.75) is 6.54 Å². The van der Waals surface area contributed by atoms with Crippen LogP contribution < -0.4 is 5.32 Å². The number of halogens is 1. The van der Waals surface area contributed by atoms with E-state index in [1.165, 1.54) is 0 Å². The molecule has 0 unspecified atom stereocenters. The second-order valence-electron chi connectivity index (χ2n) is 3.24. The van der Waals surface area contributed by atoms with Gasteiger partial charge in [-0.1, -0.05) is 11.6 Å². The van der Waals surface area contributed by atoms with E-state index in [1.54, 1.807) is 16.9 Å². The molecule has 0 aromatic carbocycles. The van der Waals surface area contributed by atoms with Crippen LogP contribution in [0.25, 0.3) is 0 Å². The Balaban J connectivity index is 1.99. The van der Waals surface area contributed by atoms with E-state index in [-0.39, 0.29) is 0 Å². The second-order valence-corrected chi connectivity index (χ2v) is 3.63. The van der Waals surface area contributed by atoms with Gasteiger partial charge in [-0.3, -0.25) is 4.68 Å². The molecule has 0 saturated carbocycles. The molecule has 0 amide bonds. The third-order valence-electron chi connectivity index (χ3n) is 1.98. The lowest BCUT2D eigenvalue weighted by Crippen LogP contribution is -1.98. The number of pyridine rings is 1. The van der Waals surface area contributed by atoms with Crippen molar-refractivity contribution in [3.8, 4) is 0 Å². The summed E-state index contributed by atoms with van der Waals surface area (Å²) in [7, 11) is 1.90. The third kappa shape index (κ3) is 2.70. The van der Waals surface area contributed by atoms with Crippen LogP contribution in [-0.4, -0.2) is 14.8 Å². The van der Waals surface area contributed by atoms with Crippen molar-refractivity contribution in [3.63, 3.8) is 0 Å². The predicted octanol–water partition coefficient (Wildman–Crippen LogP) is 2.08. The van der Waals surface area contributed by atoms with E-state index in [1.807, 2.05) is 25.5 Å². The van der Waals surface area contributed by atoms with Gasteiger partial charge in [-0.05, 0) is 12.1 Å². The predicted molar refractivity (Wildman–Crippen MR) is 59.8 cm³/mol. The molecule has 0 saturated heterocycles. The zero-order valence-electron chi connectivity index (χ0n) is 8.31. The molecule has 0 spiro atoms. The molecule has 0 aliphatic heterocycles. The molecule has 15 heavy (non-hydrogen) atoms. The number of hydrogen-bond acceptors (Lipinski definition) is 3. The molecule has 4 nitrogen and oxygen atoms in total. The van der Waals surface area contributed by atoms with E-state index in [9.17, 15) is 0 Å². The van der Waals surface area contributed by atoms with Crippen LogP contribution in [0.3, 0.4) is 0 Å². The highest BCUT2D eigenvalue weighted by Crippen LogP contribution is 2.12. The van der Waals surface area contributed by atoms with E-state index in [4.69, 9.17) is 11.6 Å². The number of aromatic nitrogens is 3. The van der Waals surface area contributed by atoms with Crippen LogP contribution >= 0.6 is 11.6 Å². The Hall–Kier alpha value is -1.55. The summed E-state index contributed by atoms with van der Waals surface area (Å²) >= 11 is 5.76. The normalized spacial score (nSPS) is 10.3. The number of aryl methyl sites for hydroxylation is 1. The van der Waals surface area contributed by atoms with E-state index < -0.39 is 0 Å². The van der Waals surface area contributed by atoms with Crippen LogP contribution in [0, 0.1) is 0 Å². The standard InChI is InChI=1S/C10H11ClN4/c1-15-7-8(6-14-15)5-13-9-2-3-12-10(11)4-9/h2-4,6-7H,5H2,1H3,(H,12,13). The largest absolute Gasteiger partial charge is 0.381 e. The smallest absolute Gasteiger partial charge is 0.131 e. The number of nitrogens with one attached hydrogen (secondary N) is 1. The molecule has 78 valence electrons. The van der Waals surface area contributed by atoms with Crippen molar-refractivity contribution in [2.24, 2.45) is 7.05 Å². The van der Waals surface area contributed by atoms with Gasteiger partial charge in [0.2, 0.25) is 0 Å². The number of hydrogen-bond donors (Lipinski definition) is 1. The Bertz CT molecular complexity index is 452. The fraction of sp³-hybridized carbons (Fsp3) is 0.200. The summed E-state index contributed by atoms with van der Waals surface area (Å²) in [6.45, 7) is 0.730. The number of rotatable bonds is 3. The fourth-order valence-electron chi connectivity index (χ4n) is 1.28. The third-order valence-corrected chi connectivity index (χ3v) is 2.19. The average Bonchev–Trinajstić information content (AvgIpc) is 2.62. The summed E-state index contributed by atoms with van der Waals surface area (Å²) in [4.78, 5) is 3.91. The lowest BCUT2D eigenvalue weighted by molar-refractivity contribution is 0.767. The molecule has 0 aliphatic carbocycles. The summed E-state index contributed by atoms with van der Waals surface area (Å²) < 4.78 is 1.77. The minimum atomic E-state index is 0.492. The molecule has 0 radical (unpaired) electrons. The highest BCUT2D eigenvalue weighted by Gasteiger charge is 1.97. The molecular weight excluding hydrogens is 212 g/mol. The summed E-state index contributed by atoms with van der Waals surface area (Å²) in [5.41, 5.74) is 2.09. The van der Waals surface area contributed by atoms with Crippen LogP contribution in [-0.2, 0) is 13.6 Å². The second kappa shape index (κ2) is 4.31. The van der Waals surface area contributed by atoms with Gasteiger partial charge in [0.05, 0.1) is 6.20 Å². The van der Waals surface area contributed by atoms with Gasteiger partial charge in [-0.2, -0.15) is 5.10 Å². The van der Waals surface area contributed by atoms with Gasteiger partial charge in [-0.25, -0.2) is 4.98 Å². The average molecular weight is 223 g/mol. The number of nitrogens with zero attached hydrogens (tertiary/aromatic N) is 3. The molecule has 0 fully saturated rings. The van der Waals surface area contributed by atoms with Gasteiger partial charge < -0.3 is 5.32 Å². The summed E-state index contributed by atoms with van der Waals surface area (Å²) in [6, 6.07) is 3.67. The minimum absolute atomic E-state index is 0.492. The van der Waals surface area contributed by atoms with Gasteiger partial charge in [0, 0.05) is 37.2 Å². The van der Waals surface area contributed by atoms with Crippen molar-refractivity contribution in [3.05, 3.63) is 41.4 Å². The Labute approximate surface area is 92.9 Å². The molecular formula is C10H11ClN4. The zero-order chi connectivity index (χ0) is 10.7. The first kappa shape index (κ1) is 9.98. The Morgan fingerprint density at radius 2 is 2.40 bits per heavy atom. The van der Waals surface area contributed by atoms with Gasteiger partial charge in [0.15, 0.2) is 0 Å². The van der Waals surface area contributed by atoms with Crippen LogP contribution in [0.1, 0.15) is 5.56 Å². The van der Waals surface area contributed by atoms with Crippen LogP contribution in [0.15, 0.2) is 30.7 Å². The lowest BCUT2D eigenvalue weighted by Gasteiger charge is -2.03. The molecule has 2 rings (SSSR count). The van der Waals surface area contributed by atoms with Gasteiger partial charge in [0.1, 0.15) is 5.15 Å². The Kier molecular flexibility index (Phi) is 2.87. The number of anilines is 1. The van der Waals surface area contributed by atoms with Crippen molar-refractivity contribution >= 4 is 17.3 Å². The Morgan fingerprint density at radius 1 is 1.53 bits per heavy atom. The first-order chi connectivity index (χ1) is 7.24. The molecule has 0 aliphatic rings. The fourth-order valence-corrected chi connectivity index (χ4v) is 1.45. The molecule has 5 heteroatoms. The van der Waals surface area contributed by atoms with Crippen LogP contribution in [0.5, 0.6) is 0 Å². The Morgan fingerprint density at radius 3 is 3.07 bits per heavy atom. The highest BCUT2D eigenvalue weighted by molar-refractivity contribution is 6.29. The summed E-state index contributed by atoms with van der Waals surface area (Å²) in [6.07, 6.45) is 5.47. The van der Waals surface area contributed by atoms with E-state index in [2.05, 4.69) is 15.4 Å². The first-order valence-electron chi connectivity index (χ1n) is 4.57. The first-order valence-corrected chi connectivity index (χ1v) is 4.95. The van der Waals surface area contributed by atoms with Crippen LogP contribution in [0.4, 0.5) is 5.69 Å². The molecule has 0 atom stereocenters. The van der Waals surface area contributed by atoms with Crippen molar-refractivity contribution < 1.29 is 0 Å². The maximum Gasteiger partial charge on any atom is 0.131 e. The summed E-state index contributed by atoms with van der Waals surface area (Å²) in [5.74, 6) is 0. The zero-order valence-corrected chi connectivity index (χ0v) is 9.07. The van der Waals surface area contributed by atoms with E-state index in [0.717, 1.165) is 17.8 Å². The quantitative estimate of drug-likeness (QED) is 0.809. The molecule has 2 aromatic heterocycles. The minimum Gasteiger partial charge on any atom is -0.381 e. The van der Waals surface area contributed by atoms with Gasteiger partial charge >= 0.3 is 0 Å².